The van der Waals surface area contributed by atoms with Gasteiger partial charge in [-0.1, -0.05) is 25.1 Å². The van der Waals surface area contributed by atoms with Crippen LogP contribution in [0.3, 0.4) is 0 Å². The fraction of sp³-hybridized carbons (Fsp3) is 0.385. The van der Waals surface area contributed by atoms with Crippen molar-refractivity contribution in [1.82, 2.24) is 4.31 Å². The zero-order valence-corrected chi connectivity index (χ0v) is 12.1. The molecular weight excluding hydrogens is 280 g/mol. The minimum Gasteiger partial charge on any atom is -0.258 e. The Hall–Kier alpha value is -1.73. The first-order valence-electron chi connectivity index (χ1n) is 6.17. The van der Waals surface area contributed by atoms with Gasteiger partial charge >= 0.3 is 0 Å². The van der Waals surface area contributed by atoms with Gasteiger partial charge in [-0.05, 0) is 13.0 Å². The molecule has 7 heteroatoms. The summed E-state index contributed by atoms with van der Waals surface area (Å²) in [6.07, 6.45) is 3.88. The molecule has 0 aromatic heterocycles. The summed E-state index contributed by atoms with van der Waals surface area (Å²) < 4.78 is 26.1. The summed E-state index contributed by atoms with van der Waals surface area (Å²) >= 11 is 0. The predicted molar refractivity (Wildman–Crippen MR) is 74.8 cm³/mol. The van der Waals surface area contributed by atoms with Crippen LogP contribution < -0.4 is 0 Å². The quantitative estimate of drug-likeness (QED) is 0.484. The standard InChI is InChI=1S/C13H16N2O4S/c1-3-7-13(2)9-14(10-13)20(18,19)12-6-4-5-11(8-12)15(16)17/h3-8H,9-10H2,1-2H3. The maximum absolute atomic E-state index is 12.4. The molecule has 0 unspecified atom stereocenters. The lowest BCUT2D eigenvalue weighted by molar-refractivity contribution is -0.385. The van der Waals surface area contributed by atoms with Crippen LogP contribution in [0.5, 0.6) is 0 Å². The molecule has 0 N–H and O–H groups in total. The van der Waals surface area contributed by atoms with Gasteiger partial charge < -0.3 is 0 Å². The Morgan fingerprint density at radius 3 is 2.60 bits per heavy atom. The number of nitrogens with zero attached hydrogens (tertiary/aromatic N) is 2. The van der Waals surface area contributed by atoms with E-state index in [4.69, 9.17) is 0 Å². The van der Waals surface area contributed by atoms with Crippen LogP contribution in [0, 0.1) is 15.5 Å². The molecule has 0 amide bonds. The first-order chi connectivity index (χ1) is 9.28. The average molecular weight is 296 g/mol. The van der Waals surface area contributed by atoms with Gasteiger partial charge in [0.2, 0.25) is 10.0 Å². The number of rotatable bonds is 4. The largest absolute Gasteiger partial charge is 0.270 e. The zero-order chi connectivity index (χ0) is 15.0. The molecule has 0 atom stereocenters. The second-order valence-corrected chi connectivity index (χ2v) is 7.12. The van der Waals surface area contributed by atoms with Gasteiger partial charge in [0.1, 0.15) is 0 Å². The average Bonchev–Trinajstić information content (AvgIpc) is 2.36. The summed E-state index contributed by atoms with van der Waals surface area (Å²) in [4.78, 5) is 10.1. The number of hydrogen-bond donors (Lipinski definition) is 0. The molecule has 1 saturated heterocycles. The molecule has 108 valence electrons. The molecule has 20 heavy (non-hydrogen) atoms. The van der Waals surface area contributed by atoms with E-state index < -0.39 is 14.9 Å². The first-order valence-corrected chi connectivity index (χ1v) is 7.61. The smallest absolute Gasteiger partial charge is 0.258 e. The van der Waals surface area contributed by atoms with E-state index in [0.717, 1.165) is 6.07 Å². The van der Waals surface area contributed by atoms with E-state index in [9.17, 15) is 18.5 Å². The Kier molecular flexibility index (Phi) is 3.66. The van der Waals surface area contributed by atoms with E-state index in [1.165, 1.54) is 22.5 Å². The fourth-order valence-electron chi connectivity index (χ4n) is 2.34. The number of nitro benzene ring substituents is 1. The highest BCUT2D eigenvalue weighted by atomic mass is 32.2. The minimum absolute atomic E-state index is 0.0331. The Morgan fingerprint density at radius 1 is 1.40 bits per heavy atom. The Balaban J connectivity index is 2.25. The van der Waals surface area contributed by atoms with E-state index in [0.29, 0.717) is 13.1 Å². The lowest BCUT2D eigenvalue weighted by Gasteiger charge is -2.45. The van der Waals surface area contributed by atoms with Gasteiger partial charge in [-0.2, -0.15) is 4.31 Å². The van der Waals surface area contributed by atoms with Gasteiger partial charge in [-0.3, -0.25) is 10.1 Å². The molecule has 1 heterocycles. The Labute approximate surface area is 117 Å². The van der Waals surface area contributed by atoms with Gasteiger partial charge in [0, 0.05) is 30.6 Å². The van der Waals surface area contributed by atoms with Crippen molar-refractivity contribution in [2.75, 3.05) is 13.1 Å². The SMILES string of the molecule is CC=CC1(C)CN(S(=O)(=O)c2cccc([N+](=O)[O-])c2)C1. The van der Waals surface area contributed by atoms with Gasteiger partial charge in [0.25, 0.3) is 5.69 Å². The van der Waals surface area contributed by atoms with Crippen molar-refractivity contribution in [3.05, 3.63) is 46.5 Å². The van der Waals surface area contributed by atoms with Crippen LogP contribution in [-0.4, -0.2) is 30.7 Å². The topological polar surface area (TPSA) is 80.5 Å². The molecule has 1 aliphatic rings. The summed E-state index contributed by atoms with van der Waals surface area (Å²) in [7, 11) is -3.65. The lowest BCUT2D eigenvalue weighted by Crippen LogP contribution is -2.55. The van der Waals surface area contributed by atoms with E-state index in [1.807, 2.05) is 26.0 Å². The van der Waals surface area contributed by atoms with E-state index in [1.54, 1.807) is 0 Å². The molecular formula is C13H16N2O4S. The van der Waals surface area contributed by atoms with Crippen molar-refractivity contribution in [2.24, 2.45) is 5.41 Å². The van der Waals surface area contributed by atoms with Crippen molar-refractivity contribution in [3.8, 4) is 0 Å². The van der Waals surface area contributed by atoms with Crippen molar-refractivity contribution in [3.63, 3.8) is 0 Å². The minimum atomic E-state index is -3.65. The number of hydrogen-bond acceptors (Lipinski definition) is 4. The molecule has 2 rings (SSSR count). The number of nitro groups is 1. The summed E-state index contributed by atoms with van der Waals surface area (Å²) in [5.74, 6) is 0. The second kappa shape index (κ2) is 4.99. The normalized spacial score (nSPS) is 18.9. The summed E-state index contributed by atoms with van der Waals surface area (Å²) in [5, 5.41) is 10.7. The van der Waals surface area contributed by atoms with Gasteiger partial charge in [-0.25, -0.2) is 8.42 Å². The molecule has 0 aliphatic carbocycles. The molecule has 1 aromatic rings. The molecule has 0 radical (unpaired) electrons. The lowest BCUT2D eigenvalue weighted by atomic mass is 9.84. The molecule has 1 aliphatic heterocycles. The van der Waals surface area contributed by atoms with Crippen molar-refractivity contribution in [1.29, 1.82) is 0 Å². The highest BCUT2D eigenvalue weighted by Gasteiger charge is 2.43. The van der Waals surface area contributed by atoms with Crippen molar-refractivity contribution in [2.45, 2.75) is 18.7 Å². The molecule has 1 aromatic carbocycles. The van der Waals surface area contributed by atoms with Gasteiger partial charge in [-0.15, -0.1) is 0 Å². The van der Waals surface area contributed by atoms with Crippen LogP contribution >= 0.6 is 0 Å². The van der Waals surface area contributed by atoms with E-state index in [2.05, 4.69) is 0 Å². The van der Waals surface area contributed by atoms with Crippen molar-refractivity contribution >= 4 is 15.7 Å². The number of sulfonamides is 1. The summed E-state index contributed by atoms with van der Waals surface area (Å²) in [6.45, 7) is 4.65. The number of non-ortho nitro benzene ring substituents is 1. The highest BCUT2D eigenvalue weighted by molar-refractivity contribution is 7.89. The van der Waals surface area contributed by atoms with Crippen LogP contribution in [0.4, 0.5) is 5.69 Å². The third kappa shape index (κ3) is 2.59. The number of benzene rings is 1. The molecule has 1 fully saturated rings. The molecule has 0 spiro atoms. The summed E-state index contributed by atoms with van der Waals surface area (Å²) in [6, 6.07) is 5.14. The first kappa shape index (κ1) is 14.7. The van der Waals surface area contributed by atoms with Crippen LogP contribution in [0.25, 0.3) is 0 Å². The van der Waals surface area contributed by atoms with Crippen LogP contribution in [-0.2, 0) is 10.0 Å². The highest BCUT2D eigenvalue weighted by Crippen LogP contribution is 2.36. The predicted octanol–water partition coefficient (Wildman–Crippen LogP) is 2.18. The third-order valence-corrected chi connectivity index (χ3v) is 5.10. The van der Waals surface area contributed by atoms with Crippen LogP contribution in [0.2, 0.25) is 0 Å². The monoisotopic (exact) mass is 296 g/mol. The van der Waals surface area contributed by atoms with Crippen molar-refractivity contribution < 1.29 is 13.3 Å². The molecule has 0 bridgehead atoms. The Morgan fingerprint density at radius 2 is 2.05 bits per heavy atom. The second-order valence-electron chi connectivity index (χ2n) is 5.18. The van der Waals surface area contributed by atoms with E-state index in [-0.39, 0.29) is 16.0 Å². The number of allylic oxidation sites excluding steroid dienone is 1. The van der Waals surface area contributed by atoms with Crippen LogP contribution in [0.15, 0.2) is 41.3 Å². The van der Waals surface area contributed by atoms with Crippen LogP contribution in [0.1, 0.15) is 13.8 Å². The van der Waals surface area contributed by atoms with E-state index >= 15 is 0 Å². The fourth-order valence-corrected chi connectivity index (χ4v) is 4.09. The third-order valence-electron chi connectivity index (χ3n) is 3.31. The van der Waals surface area contributed by atoms with Gasteiger partial charge in [0.05, 0.1) is 9.82 Å². The maximum atomic E-state index is 12.4. The maximum Gasteiger partial charge on any atom is 0.270 e. The zero-order valence-electron chi connectivity index (χ0n) is 11.3. The van der Waals surface area contributed by atoms with Gasteiger partial charge in [0.15, 0.2) is 0 Å². The summed E-state index contributed by atoms with van der Waals surface area (Å²) in [5.41, 5.74) is -0.370. The molecule has 6 nitrogen and oxygen atoms in total. The molecule has 0 saturated carbocycles. The Bertz CT molecular complexity index is 661.